The fourth-order valence-electron chi connectivity index (χ4n) is 4.45. The molecule has 3 N–H and O–H groups in total. The van der Waals surface area contributed by atoms with E-state index in [1.54, 1.807) is 6.20 Å². The van der Waals surface area contributed by atoms with E-state index >= 15 is 0 Å². The van der Waals surface area contributed by atoms with Gasteiger partial charge in [-0.15, -0.1) is 0 Å². The smallest absolute Gasteiger partial charge is 0.328 e. The minimum atomic E-state index is -0.801. The van der Waals surface area contributed by atoms with Gasteiger partial charge in [0.25, 0.3) is 0 Å². The molecule has 0 fully saturated rings. The molecule has 184 valence electrons. The molecule has 3 aromatic carbocycles. The summed E-state index contributed by atoms with van der Waals surface area (Å²) in [5.74, 6) is -0.751. The number of carbonyl (C=O) groups is 2. The summed E-state index contributed by atoms with van der Waals surface area (Å²) in [6.45, 7) is 0.377. The minimum absolute atomic E-state index is 0.171. The normalized spacial score (nSPS) is 12.0. The Bertz CT molecular complexity index is 1130. The molecule has 1 atom stereocenters. The Labute approximate surface area is 210 Å². The summed E-state index contributed by atoms with van der Waals surface area (Å²) in [6, 6.07) is 29.8. The number of methoxy groups -OCH3 is 1. The number of hydrogen-bond donors (Lipinski definition) is 3. The molecule has 4 aromatic rings. The van der Waals surface area contributed by atoms with Crippen molar-refractivity contribution in [1.82, 2.24) is 20.6 Å². The largest absolute Gasteiger partial charge is 0.467 e. The van der Waals surface area contributed by atoms with Gasteiger partial charge >= 0.3 is 5.97 Å². The van der Waals surface area contributed by atoms with Crippen LogP contribution in [-0.2, 0) is 26.3 Å². The standard InChI is InChI=1S/C29H30N4O3/c1-36-28(35)26(19-25-20-30-21-31-25)33-27(34)17-18-32-29(22-11-5-2-6-12-22,23-13-7-3-8-14-23)24-15-9-4-10-16-24/h2-16,20-21,26,32H,17-19H2,1H3,(H,30,31)(H,33,34)/t26-/m0/s1. The van der Waals surface area contributed by atoms with E-state index in [9.17, 15) is 9.59 Å². The summed E-state index contributed by atoms with van der Waals surface area (Å²) in [6.07, 6.45) is 3.60. The summed E-state index contributed by atoms with van der Waals surface area (Å²) in [5, 5.41) is 6.49. The lowest BCUT2D eigenvalue weighted by atomic mass is 9.77. The van der Waals surface area contributed by atoms with Crippen LogP contribution in [0.25, 0.3) is 0 Å². The monoisotopic (exact) mass is 482 g/mol. The van der Waals surface area contributed by atoms with Gasteiger partial charge in [0.1, 0.15) is 6.04 Å². The zero-order valence-corrected chi connectivity index (χ0v) is 20.2. The molecule has 0 aliphatic heterocycles. The van der Waals surface area contributed by atoms with Crippen molar-refractivity contribution in [1.29, 1.82) is 0 Å². The van der Waals surface area contributed by atoms with Crippen LogP contribution in [0, 0.1) is 0 Å². The number of aromatic amines is 1. The van der Waals surface area contributed by atoms with Crippen LogP contribution in [0.3, 0.4) is 0 Å². The van der Waals surface area contributed by atoms with Crippen molar-refractivity contribution in [2.24, 2.45) is 0 Å². The molecule has 36 heavy (non-hydrogen) atoms. The van der Waals surface area contributed by atoms with Crippen molar-refractivity contribution in [3.8, 4) is 0 Å². The third-order valence-electron chi connectivity index (χ3n) is 6.16. The number of aromatic nitrogens is 2. The molecule has 0 saturated carbocycles. The first-order valence-electron chi connectivity index (χ1n) is 11.9. The molecule has 0 saturated heterocycles. The highest BCUT2D eigenvalue weighted by molar-refractivity contribution is 5.84. The van der Waals surface area contributed by atoms with Crippen LogP contribution in [0.2, 0.25) is 0 Å². The quantitative estimate of drug-likeness (QED) is 0.224. The van der Waals surface area contributed by atoms with E-state index in [0.717, 1.165) is 22.4 Å². The number of benzene rings is 3. The first-order chi connectivity index (χ1) is 17.6. The molecule has 4 rings (SSSR count). The predicted octanol–water partition coefficient (Wildman–Crippen LogP) is 3.58. The lowest BCUT2D eigenvalue weighted by Crippen LogP contribution is -2.47. The summed E-state index contributed by atoms with van der Waals surface area (Å²) in [4.78, 5) is 32.1. The van der Waals surface area contributed by atoms with Gasteiger partial charge in [0.05, 0.1) is 19.0 Å². The fourth-order valence-corrected chi connectivity index (χ4v) is 4.45. The average molecular weight is 483 g/mol. The van der Waals surface area contributed by atoms with E-state index in [2.05, 4.69) is 57.0 Å². The van der Waals surface area contributed by atoms with Gasteiger partial charge in [-0.3, -0.25) is 10.1 Å². The maximum atomic E-state index is 12.9. The summed E-state index contributed by atoms with van der Waals surface area (Å²) < 4.78 is 4.89. The summed E-state index contributed by atoms with van der Waals surface area (Å²) in [7, 11) is 1.31. The van der Waals surface area contributed by atoms with Crippen molar-refractivity contribution in [2.75, 3.05) is 13.7 Å². The molecule has 0 radical (unpaired) electrons. The van der Waals surface area contributed by atoms with Crippen LogP contribution in [0.5, 0.6) is 0 Å². The zero-order valence-electron chi connectivity index (χ0n) is 20.2. The van der Waals surface area contributed by atoms with E-state index < -0.39 is 17.6 Å². The Balaban J connectivity index is 1.56. The lowest BCUT2D eigenvalue weighted by molar-refractivity contribution is -0.145. The molecule has 0 spiro atoms. The van der Waals surface area contributed by atoms with Crippen LogP contribution in [-0.4, -0.2) is 41.5 Å². The Morgan fingerprint density at radius 1 is 0.889 bits per heavy atom. The van der Waals surface area contributed by atoms with E-state index in [1.165, 1.54) is 13.4 Å². The SMILES string of the molecule is COC(=O)[C@H](Cc1cnc[nH]1)NC(=O)CCNC(c1ccccc1)(c1ccccc1)c1ccccc1. The number of nitrogens with zero attached hydrogens (tertiary/aromatic N) is 1. The second kappa shape index (κ2) is 12.0. The molecule has 0 unspecified atom stereocenters. The topological polar surface area (TPSA) is 96.1 Å². The number of ether oxygens (including phenoxy) is 1. The van der Waals surface area contributed by atoms with Gasteiger partial charge in [-0.25, -0.2) is 9.78 Å². The van der Waals surface area contributed by atoms with Crippen LogP contribution in [0.4, 0.5) is 0 Å². The molecular weight excluding hydrogens is 452 g/mol. The van der Waals surface area contributed by atoms with Crippen LogP contribution >= 0.6 is 0 Å². The molecule has 1 aromatic heterocycles. The van der Waals surface area contributed by atoms with Crippen molar-refractivity contribution in [3.63, 3.8) is 0 Å². The van der Waals surface area contributed by atoms with Crippen LogP contribution < -0.4 is 10.6 Å². The fraction of sp³-hybridized carbons (Fsp3) is 0.207. The molecule has 7 heteroatoms. The number of hydrogen-bond acceptors (Lipinski definition) is 5. The zero-order chi connectivity index (χ0) is 25.2. The first-order valence-corrected chi connectivity index (χ1v) is 11.9. The van der Waals surface area contributed by atoms with Crippen LogP contribution in [0.1, 0.15) is 28.8 Å². The van der Waals surface area contributed by atoms with Crippen molar-refractivity contribution >= 4 is 11.9 Å². The maximum Gasteiger partial charge on any atom is 0.328 e. The number of H-pyrrole nitrogens is 1. The Kier molecular flexibility index (Phi) is 8.26. The predicted molar refractivity (Wildman–Crippen MR) is 138 cm³/mol. The summed E-state index contributed by atoms with van der Waals surface area (Å²) >= 11 is 0. The molecule has 7 nitrogen and oxygen atoms in total. The second-order valence-corrected chi connectivity index (χ2v) is 8.45. The summed E-state index contributed by atoms with van der Waals surface area (Å²) in [5.41, 5.74) is 3.26. The number of amides is 1. The van der Waals surface area contributed by atoms with Crippen molar-refractivity contribution in [2.45, 2.75) is 24.4 Å². The van der Waals surface area contributed by atoms with Gasteiger partial charge in [-0.1, -0.05) is 91.0 Å². The third kappa shape index (κ3) is 5.70. The van der Waals surface area contributed by atoms with E-state index in [-0.39, 0.29) is 18.7 Å². The van der Waals surface area contributed by atoms with Gasteiger partial charge in [-0.2, -0.15) is 0 Å². The Morgan fingerprint density at radius 3 is 1.86 bits per heavy atom. The first kappa shape index (κ1) is 24.9. The lowest BCUT2D eigenvalue weighted by Gasteiger charge is -2.37. The number of carbonyl (C=O) groups excluding carboxylic acids is 2. The number of esters is 1. The van der Waals surface area contributed by atoms with Gasteiger partial charge in [0, 0.05) is 31.3 Å². The maximum absolute atomic E-state index is 12.9. The average Bonchev–Trinajstić information content (AvgIpc) is 3.45. The van der Waals surface area contributed by atoms with Gasteiger partial charge in [0.2, 0.25) is 5.91 Å². The highest BCUT2D eigenvalue weighted by Gasteiger charge is 2.35. The molecule has 0 aliphatic rings. The number of imidazole rings is 1. The Hall–Kier alpha value is -4.23. The molecule has 0 aliphatic carbocycles. The highest BCUT2D eigenvalue weighted by atomic mass is 16.5. The second-order valence-electron chi connectivity index (χ2n) is 8.45. The van der Waals surface area contributed by atoms with Crippen molar-refractivity contribution in [3.05, 3.63) is 126 Å². The Morgan fingerprint density at radius 2 is 1.42 bits per heavy atom. The van der Waals surface area contributed by atoms with Crippen molar-refractivity contribution < 1.29 is 14.3 Å². The van der Waals surface area contributed by atoms with E-state index in [0.29, 0.717) is 6.54 Å². The number of rotatable bonds is 11. The third-order valence-corrected chi connectivity index (χ3v) is 6.16. The highest BCUT2D eigenvalue weighted by Crippen LogP contribution is 2.36. The molecule has 1 amide bonds. The molecule has 1 heterocycles. The molecular formula is C29H30N4O3. The van der Waals surface area contributed by atoms with Crippen LogP contribution in [0.15, 0.2) is 104 Å². The van der Waals surface area contributed by atoms with Gasteiger partial charge in [0.15, 0.2) is 0 Å². The molecule has 0 bridgehead atoms. The van der Waals surface area contributed by atoms with Gasteiger partial charge < -0.3 is 15.0 Å². The van der Waals surface area contributed by atoms with Gasteiger partial charge in [-0.05, 0) is 16.7 Å². The van der Waals surface area contributed by atoms with E-state index in [1.807, 2.05) is 54.6 Å². The minimum Gasteiger partial charge on any atom is -0.467 e. The van der Waals surface area contributed by atoms with E-state index in [4.69, 9.17) is 4.74 Å². The number of nitrogens with one attached hydrogen (secondary N) is 3.